The molecule has 0 saturated heterocycles. The van der Waals surface area contributed by atoms with Crippen LogP contribution in [0.1, 0.15) is 24.6 Å². The molecule has 0 N–H and O–H groups in total. The standard InChI is InChI=1S/C13H15N3/c1-4-8-16(9-5-2)13-12(10-14)7-6-11(3)15-13/h1,6-7H,5,8-9H2,2-3H3. The number of pyridine rings is 1. The summed E-state index contributed by atoms with van der Waals surface area (Å²) in [6.07, 6.45) is 6.30. The van der Waals surface area contributed by atoms with Crippen molar-refractivity contribution in [3.05, 3.63) is 23.4 Å². The Morgan fingerprint density at radius 2 is 2.25 bits per heavy atom. The van der Waals surface area contributed by atoms with Crippen LogP contribution in [0.25, 0.3) is 0 Å². The lowest BCUT2D eigenvalue weighted by Crippen LogP contribution is -2.26. The third-order valence-corrected chi connectivity index (χ3v) is 2.21. The fraction of sp³-hybridized carbons (Fsp3) is 0.385. The van der Waals surface area contributed by atoms with Crippen molar-refractivity contribution in [2.75, 3.05) is 18.0 Å². The number of hydrogen-bond donors (Lipinski definition) is 0. The summed E-state index contributed by atoms with van der Waals surface area (Å²) < 4.78 is 0. The zero-order valence-corrected chi connectivity index (χ0v) is 9.70. The first-order valence-corrected chi connectivity index (χ1v) is 5.29. The fourth-order valence-electron chi connectivity index (χ4n) is 1.51. The second kappa shape index (κ2) is 5.78. The van der Waals surface area contributed by atoms with Crippen LogP contribution in [0.5, 0.6) is 0 Å². The van der Waals surface area contributed by atoms with Gasteiger partial charge in [-0.05, 0) is 25.5 Å². The van der Waals surface area contributed by atoms with Gasteiger partial charge in [0.1, 0.15) is 11.9 Å². The molecule has 3 heteroatoms. The monoisotopic (exact) mass is 213 g/mol. The SMILES string of the molecule is C#CCN(CCC)c1nc(C)ccc1C#N. The molecule has 0 saturated carbocycles. The lowest BCUT2D eigenvalue weighted by molar-refractivity contribution is 0.805. The summed E-state index contributed by atoms with van der Waals surface area (Å²) in [4.78, 5) is 6.35. The number of hydrogen-bond acceptors (Lipinski definition) is 3. The summed E-state index contributed by atoms with van der Waals surface area (Å²) in [6.45, 7) is 5.28. The van der Waals surface area contributed by atoms with Gasteiger partial charge in [0.05, 0.1) is 12.1 Å². The average molecular weight is 213 g/mol. The molecule has 0 aliphatic rings. The zero-order chi connectivity index (χ0) is 12.0. The molecule has 1 aromatic rings. The normalized spacial score (nSPS) is 9.25. The third kappa shape index (κ3) is 2.74. The van der Waals surface area contributed by atoms with Crippen molar-refractivity contribution in [2.24, 2.45) is 0 Å². The topological polar surface area (TPSA) is 39.9 Å². The zero-order valence-electron chi connectivity index (χ0n) is 9.70. The summed E-state index contributed by atoms with van der Waals surface area (Å²) in [5.74, 6) is 3.29. The van der Waals surface area contributed by atoms with Crippen molar-refractivity contribution < 1.29 is 0 Å². The van der Waals surface area contributed by atoms with Gasteiger partial charge in [0, 0.05) is 12.2 Å². The van der Waals surface area contributed by atoms with E-state index in [9.17, 15) is 0 Å². The molecule has 0 bridgehead atoms. The van der Waals surface area contributed by atoms with Crippen LogP contribution in [-0.2, 0) is 0 Å². The minimum absolute atomic E-state index is 0.485. The van der Waals surface area contributed by atoms with Gasteiger partial charge in [-0.2, -0.15) is 5.26 Å². The van der Waals surface area contributed by atoms with Crippen LogP contribution in [0.2, 0.25) is 0 Å². The highest BCUT2D eigenvalue weighted by Crippen LogP contribution is 2.17. The van der Waals surface area contributed by atoms with Crippen LogP contribution in [0.3, 0.4) is 0 Å². The third-order valence-electron chi connectivity index (χ3n) is 2.21. The van der Waals surface area contributed by atoms with E-state index >= 15 is 0 Å². The predicted octanol–water partition coefficient (Wildman–Crippen LogP) is 2.11. The fourth-order valence-corrected chi connectivity index (χ4v) is 1.51. The maximum atomic E-state index is 9.03. The Labute approximate surface area is 96.7 Å². The molecule has 0 atom stereocenters. The maximum absolute atomic E-state index is 9.03. The molecule has 3 nitrogen and oxygen atoms in total. The predicted molar refractivity (Wildman–Crippen MR) is 65.0 cm³/mol. The Hall–Kier alpha value is -2.00. The molecule has 0 aliphatic heterocycles. The summed E-state index contributed by atoms with van der Waals surface area (Å²) in [7, 11) is 0. The van der Waals surface area contributed by atoms with E-state index in [4.69, 9.17) is 11.7 Å². The Bertz CT molecular complexity index is 437. The lowest BCUT2D eigenvalue weighted by Gasteiger charge is -2.21. The average Bonchev–Trinajstić information content (AvgIpc) is 2.29. The smallest absolute Gasteiger partial charge is 0.147 e. The highest BCUT2D eigenvalue weighted by Gasteiger charge is 2.11. The van der Waals surface area contributed by atoms with E-state index in [1.807, 2.05) is 17.9 Å². The van der Waals surface area contributed by atoms with Crippen molar-refractivity contribution in [3.8, 4) is 18.4 Å². The Kier molecular flexibility index (Phi) is 4.36. The highest BCUT2D eigenvalue weighted by molar-refractivity contribution is 5.54. The molecule has 0 fully saturated rings. The number of anilines is 1. The Morgan fingerprint density at radius 1 is 1.50 bits per heavy atom. The summed E-state index contributed by atoms with van der Waals surface area (Å²) in [5.41, 5.74) is 1.47. The van der Waals surface area contributed by atoms with Crippen LogP contribution in [0.15, 0.2) is 12.1 Å². The molecule has 16 heavy (non-hydrogen) atoms. The molecule has 1 rings (SSSR count). The maximum Gasteiger partial charge on any atom is 0.147 e. The van der Waals surface area contributed by atoms with E-state index in [2.05, 4.69) is 23.9 Å². The molecule has 0 unspecified atom stereocenters. The van der Waals surface area contributed by atoms with E-state index in [-0.39, 0.29) is 0 Å². The second-order valence-electron chi connectivity index (χ2n) is 3.56. The highest BCUT2D eigenvalue weighted by atomic mass is 15.2. The second-order valence-corrected chi connectivity index (χ2v) is 3.56. The van der Waals surface area contributed by atoms with E-state index in [0.717, 1.165) is 18.7 Å². The van der Waals surface area contributed by atoms with E-state index < -0.39 is 0 Å². The van der Waals surface area contributed by atoms with Crippen LogP contribution in [0.4, 0.5) is 5.82 Å². The first kappa shape index (κ1) is 12.1. The molecule has 0 spiro atoms. The minimum atomic E-state index is 0.485. The molecular formula is C13H15N3. The summed E-state index contributed by atoms with van der Waals surface area (Å²) >= 11 is 0. The number of nitrogens with zero attached hydrogens (tertiary/aromatic N) is 3. The van der Waals surface area contributed by atoms with Gasteiger partial charge in [0.2, 0.25) is 0 Å². The van der Waals surface area contributed by atoms with Gasteiger partial charge in [0.15, 0.2) is 0 Å². The number of aromatic nitrogens is 1. The van der Waals surface area contributed by atoms with Crippen molar-refractivity contribution >= 4 is 5.82 Å². The van der Waals surface area contributed by atoms with Gasteiger partial charge in [-0.1, -0.05) is 12.8 Å². The van der Waals surface area contributed by atoms with Gasteiger partial charge >= 0.3 is 0 Å². The molecule has 1 aromatic heterocycles. The molecule has 0 radical (unpaired) electrons. The van der Waals surface area contributed by atoms with Gasteiger partial charge < -0.3 is 4.90 Å². The molecule has 1 heterocycles. The molecule has 0 amide bonds. The lowest BCUT2D eigenvalue weighted by atomic mass is 10.2. The van der Waals surface area contributed by atoms with Crippen LogP contribution < -0.4 is 4.90 Å². The Morgan fingerprint density at radius 3 is 2.81 bits per heavy atom. The van der Waals surface area contributed by atoms with Gasteiger partial charge in [-0.3, -0.25) is 0 Å². The van der Waals surface area contributed by atoms with Gasteiger partial charge in [-0.15, -0.1) is 6.42 Å². The number of terminal acetylenes is 1. The van der Waals surface area contributed by atoms with Crippen LogP contribution in [0, 0.1) is 30.6 Å². The van der Waals surface area contributed by atoms with Gasteiger partial charge in [0.25, 0.3) is 0 Å². The van der Waals surface area contributed by atoms with Crippen molar-refractivity contribution in [2.45, 2.75) is 20.3 Å². The van der Waals surface area contributed by atoms with E-state index in [1.54, 1.807) is 6.07 Å². The molecular weight excluding hydrogens is 198 g/mol. The van der Waals surface area contributed by atoms with Crippen molar-refractivity contribution in [1.29, 1.82) is 5.26 Å². The summed E-state index contributed by atoms with van der Waals surface area (Å²) in [6, 6.07) is 5.77. The van der Waals surface area contributed by atoms with E-state index in [0.29, 0.717) is 17.9 Å². The van der Waals surface area contributed by atoms with Crippen LogP contribution in [-0.4, -0.2) is 18.1 Å². The van der Waals surface area contributed by atoms with E-state index in [1.165, 1.54) is 0 Å². The van der Waals surface area contributed by atoms with Crippen molar-refractivity contribution in [3.63, 3.8) is 0 Å². The number of nitriles is 1. The van der Waals surface area contributed by atoms with Crippen molar-refractivity contribution in [1.82, 2.24) is 4.98 Å². The number of aryl methyl sites for hydroxylation is 1. The quantitative estimate of drug-likeness (QED) is 0.719. The molecule has 0 aromatic carbocycles. The molecule has 82 valence electrons. The van der Waals surface area contributed by atoms with Crippen LogP contribution >= 0.6 is 0 Å². The first-order valence-electron chi connectivity index (χ1n) is 5.29. The minimum Gasteiger partial charge on any atom is -0.344 e. The largest absolute Gasteiger partial charge is 0.344 e. The first-order chi connectivity index (χ1) is 7.72. The molecule has 0 aliphatic carbocycles. The summed E-state index contributed by atoms with van der Waals surface area (Å²) in [5, 5.41) is 9.03. The van der Waals surface area contributed by atoms with Gasteiger partial charge in [-0.25, -0.2) is 4.98 Å². The Balaban J connectivity index is 3.12. The number of rotatable bonds is 4.